The van der Waals surface area contributed by atoms with Gasteiger partial charge in [-0.05, 0) is 54.3 Å². The number of allylic oxidation sites excluding steroid dienone is 2. The molecule has 0 saturated heterocycles. The van der Waals surface area contributed by atoms with Gasteiger partial charge in [0.05, 0.1) is 0 Å². The predicted molar refractivity (Wildman–Crippen MR) is 95.0 cm³/mol. The summed E-state index contributed by atoms with van der Waals surface area (Å²) >= 11 is 0. The Bertz CT molecular complexity index is 576. The first-order valence-corrected chi connectivity index (χ1v) is 9.53. The van der Waals surface area contributed by atoms with E-state index in [9.17, 15) is 9.90 Å². The van der Waals surface area contributed by atoms with Crippen molar-refractivity contribution >= 4 is 5.97 Å². The van der Waals surface area contributed by atoms with E-state index >= 15 is 0 Å². The van der Waals surface area contributed by atoms with E-state index in [1.165, 1.54) is 0 Å². The monoisotopic (exact) mass is 332 g/mol. The Balaban J connectivity index is 1.80. The van der Waals surface area contributed by atoms with E-state index < -0.39 is 5.79 Å². The van der Waals surface area contributed by atoms with Crippen molar-refractivity contribution in [3.05, 3.63) is 23.8 Å². The maximum absolute atomic E-state index is 11.7. The van der Waals surface area contributed by atoms with Crippen molar-refractivity contribution < 1.29 is 14.6 Å². The third-order valence-electron chi connectivity index (χ3n) is 7.19. The van der Waals surface area contributed by atoms with Crippen molar-refractivity contribution in [2.45, 2.75) is 66.1 Å². The third kappa shape index (κ3) is 2.75. The van der Waals surface area contributed by atoms with Crippen LogP contribution >= 0.6 is 0 Å². The Morgan fingerprint density at radius 1 is 1.21 bits per heavy atom. The number of carbonyl (C=O) groups is 1. The van der Waals surface area contributed by atoms with Crippen LogP contribution in [0.1, 0.15) is 60.3 Å². The molecule has 3 aliphatic rings. The van der Waals surface area contributed by atoms with Crippen molar-refractivity contribution in [2.75, 3.05) is 0 Å². The van der Waals surface area contributed by atoms with Crippen LogP contribution in [0.15, 0.2) is 23.8 Å². The molecule has 2 aliphatic carbocycles. The highest BCUT2D eigenvalue weighted by molar-refractivity contribution is 5.86. The zero-order valence-corrected chi connectivity index (χ0v) is 15.7. The Kier molecular flexibility index (Phi) is 4.44. The van der Waals surface area contributed by atoms with Crippen molar-refractivity contribution in [1.29, 1.82) is 0 Å². The van der Waals surface area contributed by atoms with Crippen LogP contribution < -0.4 is 0 Å². The first-order chi connectivity index (χ1) is 11.2. The molecule has 6 atom stereocenters. The molecule has 3 nitrogen and oxygen atoms in total. The molecule has 0 bridgehead atoms. The summed E-state index contributed by atoms with van der Waals surface area (Å²) in [4.78, 5) is 11.7. The van der Waals surface area contributed by atoms with Gasteiger partial charge in [-0.1, -0.05) is 46.8 Å². The van der Waals surface area contributed by atoms with Gasteiger partial charge in [0.2, 0.25) is 5.79 Å². The summed E-state index contributed by atoms with van der Waals surface area (Å²) in [6.45, 7) is 11.5. The number of fused-ring (bicyclic) bond motifs is 3. The number of aliphatic hydroxyl groups is 1. The first kappa shape index (κ1) is 17.7. The van der Waals surface area contributed by atoms with Crippen molar-refractivity contribution in [3.8, 4) is 0 Å². The largest absolute Gasteiger partial charge is 0.426 e. The summed E-state index contributed by atoms with van der Waals surface area (Å²) in [7, 11) is 0. The fourth-order valence-electron chi connectivity index (χ4n) is 5.21. The Labute approximate surface area is 146 Å². The van der Waals surface area contributed by atoms with Crippen LogP contribution in [0.2, 0.25) is 0 Å². The smallest absolute Gasteiger partial charge is 0.333 e. The molecule has 0 aromatic carbocycles. The number of esters is 1. The second-order valence-electron chi connectivity index (χ2n) is 8.89. The van der Waals surface area contributed by atoms with E-state index in [0.717, 1.165) is 24.8 Å². The molecular weight excluding hydrogens is 300 g/mol. The van der Waals surface area contributed by atoms with Crippen LogP contribution in [0, 0.1) is 35.0 Å². The van der Waals surface area contributed by atoms with Gasteiger partial charge in [0.1, 0.15) is 0 Å². The Morgan fingerprint density at radius 3 is 2.58 bits per heavy atom. The number of hydrogen-bond donors (Lipinski definition) is 1. The number of carbonyl (C=O) groups excluding carboxylic acids is 1. The Morgan fingerprint density at radius 2 is 1.92 bits per heavy atom. The molecule has 1 aliphatic heterocycles. The summed E-state index contributed by atoms with van der Waals surface area (Å²) in [5, 5.41) is 10.7. The molecule has 3 heteroatoms. The second kappa shape index (κ2) is 6.01. The SMILES string of the molecule is CC(/C=C/[C@H](C)C(C)C)[C@H]1CCC2C3=CC(=O)O[C@@]3(O)CC[C@@]21C. The standard InChI is InChI=1S/C21H32O3/c1-13(2)14(3)6-7-15(4)16-8-9-17-18-12-19(22)24-21(18,23)11-10-20(16,17)5/h6-7,12-17,23H,8-11H2,1-5H3/b7-6+/t14-,15?,16+,17?,20+,21-/m0/s1. The zero-order valence-electron chi connectivity index (χ0n) is 15.7. The van der Waals surface area contributed by atoms with Gasteiger partial charge in [-0.2, -0.15) is 0 Å². The lowest BCUT2D eigenvalue weighted by molar-refractivity contribution is -0.196. The van der Waals surface area contributed by atoms with Crippen LogP contribution in [-0.4, -0.2) is 16.9 Å². The lowest BCUT2D eigenvalue weighted by Crippen LogP contribution is -2.46. The van der Waals surface area contributed by atoms with Crippen molar-refractivity contribution in [1.82, 2.24) is 0 Å². The third-order valence-corrected chi connectivity index (χ3v) is 7.19. The molecule has 0 amide bonds. The lowest BCUT2D eigenvalue weighted by atomic mass is 9.60. The molecule has 1 N–H and O–H groups in total. The van der Waals surface area contributed by atoms with Gasteiger partial charge in [0.15, 0.2) is 0 Å². The number of ether oxygens (including phenoxy) is 1. The lowest BCUT2D eigenvalue weighted by Gasteiger charge is -2.47. The van der Waals surface area contributed by atoms with Gasteiger partial charge in [0, 0.05) is 18.1 Å². The van der Waals surface area contributed by atoms with E-state index in [0.29, 0.717) is 30.1 Å². The van der Waals surface area contributed by atoms with E-state index in [-0.39, 0.29) is 17.3 Å². The predicted octanol–water partition coefficient (Wildman–Crippen LogP) is 4.47. The van der Waals surface area contributed by atoms with Crippen molar-refractivity contribution in [2.24, 2.45) is 35.0 Å². The van der Waals surface area contributed by atoms with Crippen molar-refractivity contribution in [3.63, 3.8) is 0 Å². The molecule has 2 unspecified atom stereocenters. The van der Waals surface area contributed by atoms with Gasteiger partial charge in [0.25, 0.3) is 0 Å². The molecule has 2 fully saturated rings. The first-order valence-electron chi connectivity index (χ1n) is 9.53. The summed E-state index contributed by atoms with van der Waals surface area (Å²) in [5.41, 5.74) is 0.993. The van der Waals surface area contributed by atoms with Crippen LogP contribution in [0.3, 0.4) is 0 Å². The van der Waals surface area contributed by atoms with Gasteiger partial charge in [-0.25, -0.2) is 4.79 Å². The minimum atomic E-state index is -1.32. The summed E-state index contributed by atoms with van der Waals surface area (Å²) in [6, 6.07) is 0. The number of hydrogen-bond acceptors (Lipinski definition) is 3. The Hall–Kier alpha value is -1.09. The topological polar surface area (TPSA) is 46.5 Å². The molecule has 3 rings (SSSR count). The van der Waals surface area contributed by atoms with Crippen LogP contribution in [0.4, 0.5) is 0 Å². The highest BCUT2D eigenvalue weighted by Crippen LogP contribution is 2.62. The molecule has 0 radical (unpaired) electrons. The fourth-order valence-corrected chi connectivity index (χ4v) is 5.21. The summed E-state index contributed by atoms with van der Waals surface area (Å²) < 4.78 is 5.22. The summed E-state index contributed by atoms with van der Waals surface area (Å²) in [5.74, 6) is 0.950. The van der Waals surface area contributed by atoms with E-state index in [4.69, 9.17) is 4.74 Å². The van der Waals surface area contributed by atoms with E-state index in [1.807, 2.05) is 0 Å². The zero-order chi connectivity index (χ0) is 17.7. The van der Waals surface area contributed by atoms with E-state index in [1.54, 1.807) is 6.08 Å². The minimum Gasteiger partial charge on any atom is -0.426 e. The summed E-state index contributed by atoms with van der Waals surface area (Å²) in [6.07, 6.45) is 9.98. The highest BCUT2D eigenvalue weighted by Gasteiger charge is 2.59. The molecule has 1 heterocycles. The van der Waals surface area contributed by atoms with Gasteiger partial charge in [-0.15, -0.1) is 0 Å². The highest BCUT2D eigenvalue weighted by atomic mass is 16.7. The second-order valence-corrected chi connectivity index (χ2v) is 8.89. The van der Waals surface area contributed by atoms with Gasteiger partial charge in [-0.3, -0.25) is 0 Å². The maximum Gasteiger partial charge on any atom is 0.333 e. The molecular formula is C21H32O3. The van der Waals surface area contributed by atoms with Crippen LogP contribution in [-0.2, 0) is 9.53 Å². The van der Waals surface area contributed by atoms with Crippen LogP contribution in [0.25, 0.3) is 0 Å². The molecule has 24 heavy (non-hydrogen) atoms. The van der Waals surface area contributed by atoms with Crippen LogP contribution in [0.5, 0.6) is 0 Å². The molecule has 0 aromatic heterocycles. The average Bonchev–Trinajstić information content (AvgIpc) is 3.00. The fraction of sp³-hybridized carbons (Fsp3) is 0.762. The van der Waals surface area contributed by atoms with Gasteiger partial charge >= 0.3 is 5.97 Å². The quantitative estimate of drug-likeness (QED) is 0.610. The normalized spacial score (nSPS) is 41.1. The van der Waals surface area contributed by atoms with E-state index in [2.05, 4.69) is 46.8 Å². The molecule has 0 spiro atoms. The molecule has 2 saturated carbocycles. The minimum absolute atomic E-state index is 0.150. The number of rotatable bonds is 4. The molecule has 134 valence electrons. The van der Waals surface area contributed by atoms with Gasteiger partial charge < -0.3 is 9.84 Å². The average molecular weight is 332 g/mol. The molecule has 0 aromatic rings. The maximum atomic E-state index is 11.7.